The number of anilines is 1. The fraction of sp³-hybridized carbons (Fsp3) is 0.467. The van der Waals surface area contributed by atoms with E-state index in [1.807, 2.05) is 0 Å². The largest absolute Gasteiger partial charge is 0.376 e. The van der Waals surface area contributed by atoms with Gasteiger partial charge >= 0.3 is 0 Å². The molecule has 1 atom stereocenters. The number of hydrogen-bond acceptors (Lipinski definition) is 4. The second kappa shape index (κ2) is 6.25. The lowest BCUT2D eigenvalue weighted by atomic mass is 10.1. The summed E-state index contributed by atoms with van der Waals surface area (Å²) >= 11 is 6.94. The lowest BCUT2D eigenvalue weighted by molar-refractivity contribution is 0.114. The van der Waals surface area contributed by atoms with Gasteiger partial charge in [-0.25, -0.2) is 4.98 Å². The average Bonchev–Trinajstić information content (AvgIpc) is 3.06. The quantitative estimate of drug-likeness (QED) is 0.849. The molecule has 2 N–H and O–H groups in total. The topological polar surface area (TPSA) is 46.2 Å². The molecule has 1 aliphatic heterocycles. The average molecular weight is 321 g/mol. The molecule has 0 bridgehead atoms. The van der Waals surface area contributed by atoms with Gasteiger partial charge in [-0.05, 0) is 62.2 Å². The first-order valence-electron chi connectivity index (χ1n) is 7.16. The van der Waals surface area contributed by atoms with Crippen molar-refractivity contribution in [3.63, 3.8) is 0 Å². The minimum Gasteiger partial charge on any atom is -0.376 e. The molecule has 0 saturated carbocycles. The molecule has 0 spiro atoms. The monoisotopic (exact) mass is 321 g/mol. The van der Waals surface area contributed by atoms with Crippen LogP contribution in [0, 0.1) is 13.8 Å². The van der Waals surface area contributed by atoms with Crippen LogP contribution in [0.2, 0.25) is 0 Å². The van der Waals surface area contributed by atoms with E-state index >= 15 is 0 Å². The van der Waals surface area contributed by atoms with Gasteiger partial charge in [0.05, 0.1) is 16.3 Å². The van der Waals surface area contributed by atoms with E-state index in [9.17, 15) is 0 Å². The molecule has 0 radical (unpaired) electrons. The summed E-state index contributed by atoms with van der Waals surface area (Å²) < 4.78 is 6.75. The molecule has 1 fully saturated rings. The second-order valence-corrected chi connectivity index (χ2v) is 6.83. The Morgan fingerprint density at radius 3 is 3.00 bits per heavy atom. The van der Waals surface area contributed by atoms with Crippen molar-refractivity contribution in [2.24, 2.45) is 0 Å². The Hall–Kier alpha value is -1.24. The summed E-state index contributed by atoms with van der Waals surface area (Å²) in [5, 5.41) is 7.81. The van der Waals surface area contributed by atoms with Gasteiger partial charge in [-0.3, -0.25) is 0 Å². The molecule has 1 aromatic carbocycles. The molecule has 112 valence electrons. The van der Waals surface area contributed by atoms with Crippen molar-refractivity contribution in [3.05, 3.63) is 23.3 Å². The van der Waals surface area contributed by atoms with Crippen LogP contribution in [0.4, 0.5) is 5.13 Å². The molecule has 1 aromatic heterocycles. The minimum absolute atomic E-state index is 0.283. The van der Waals surface area contributed by atoms with Crippen molar-refractivity contribution in [3.8, 4) is 0 Å². The molecule has 0 aliphatic carbocycles. The Kier molecular flexibility index (Phi) is 4.37. The van der Waals surface area contributed by atoms with Crippen molar-refractivity contribution in [2.75, 3.05) is 18.5 Å². The number of benzene rings is 1. The molecule has 1 aliphatic rings. The number of thiazole rings is 1. The third kappa shape index (κ3) is 3.51. The van der Waals surface area contributed by atoms with Crippen molar-refractivity contribution in [2.45, 2.75) is 32.8 Å². The first-order valence-corrected chi connectivity index (χ1v) is 8.38. The minimum atomic E-state index is 0.283. The number of nitrogens with zero attached hydrogens (tertiary/aromatic N) is 1. The van der Waals surface area contributed by atoms with E-state index in [0.29, 0.717) is 5.11 Å². The van der Waals surface area contributed by atoms with Crippen LogP contribution in [-0.4, -0.2) is 29.4 Å². The maximum absolute atomic E-state index is 5.56. The lowest BCUT2D eigenvalue weighted by Gasteiger charge is -2.12. The summed E-state index contributed by atoms with van der Waals surface area (Å²) in [6, 6.07) is 4.30. The van der Waals surface area contributed by atoms with Crippen molar-refractivity contribution in [1.29, 1.82) is 0 Å². The Morgan fingerprint density at radius 1 is 1.43 bits per heavy atom. The summed E-state index contributed by atoms with van der Waals surface area (Å²) in [6.07, 6.45) is 2.53. The number of nitrogens with one attached hydrogen (secondary N) is 2. The van der Waals surface area contributed by atoms with Crippen LogP contribution in [-0.2, 0) is 4.74 Å². The van der Waals surface area contributed by atoms with Gasteiger partial charge in [0.25, 0.3) is 0 Å². The maximum atomic E-state index is 5.56. The fourth-order valence-corrected chi connectivity index (χ4v) is 3.58. The van der Waals surface area contributed by atoms with E-state index in [4.69, 9.17) is 17.0 Å². The summed E-state index contributed by atoms with van der Waals surface area (Å²) in [4.78, 5) is 4.58. The number of ether oxygens (including phenoxy) is 1. The first-order chi connectivity index (χ1) is 10.1. The Bertz CT molecular complexity index is 623. The van der Waals surface area contributed by atoms with Crippen LogP contribution in [0.15, 0.2) is 12.1 Å². The molecule has 21 heavy (non-hydrogen) atoms. The smallest absolute Gasteiger partial charge is 0.190 e. The molecule has 2 aromatic rings. The molecule has 4 nitrogen and oxygen atoms in total. The molecule has 6 heteroatoms. The summed E-state index contributed by atoms with van der Waals surface area (Å²) in [6.45, 7) is 5.85. The van der Waals surface area contributed by atoms with Gasteiger partial charge in [0.2, 0.25) is 0 Å². The van der Waals surface area contributed by atoms with Gasteiger partial charge in [-0.2, -0.15) is 0 Å². The Balaban J connectivity index is 1.62. The van der Waals surface area contributed by atoms with Crippen LogP contribution in [0.5, 0.6) is 0 Å². The normalized spacial score (nSPS) is 18.1. The molecule has 3 rings (SSSR count). The van der Waals surface area contributed by atoms with Gasteiger partial charge in [-0.1, -0.05) is 11.3 Å². The fourth-order valence-electron chi connectivity index (χ4n) is 2.39. The van der Waals surface area contributed by atoms with Gasteiger partial charge in [-0.15, -0.1) is 0 Å². The van der Waals surface area contributed by atoms with E-state index in [2.05, 4.69) is 41.6 Å². The predicted molar refractivity (Wildman–Crippen MR) is 92.3 cm³/mol. The second-order valence-electron chi connectivity index (χ2n) is 5.39. The SMILES string of the molecule is Cc1cc2nc(NC(=S)NC[C@H]3CCCO3)sc2cc1C. The summed E-state index contributed by atoms with van der Waals surface area (Å²) in [7, 11) is 0. The Labute approximate surface area is 133 Å². The molecular formula is C15H19N3OS2. The zero-order valence-corrected chi connectivity index (χ0v) is 13.9. The van der Waals surface area contributed by atoms with Gasteiger partial charge < -0.3 is 15.4 Å². The maximum Gasteiger partial charge on any atom is 0.190 e. The van der Waals surface area contributed by atoms with Gasteiger partial charge in [0, 0.05) is 13.2 Å². The molecule has 2 heterocycles. The molecule has 0 amide bonds. The van der Waals surface area contributed by atoms with Crippen molar-refractivity contribution >= 4 is 44.0 Å². The van der Waals surface area contributed by atoms with E-state index in [1.54, 1.807) is 11.3 Å². The standard InChI is InChI=1S/C15H19N3OS2/c1-9-6-12-13(7-10(9)2)21-15(17-12)18-14(20)16-8-11-4-3-5-19-11/h6-7,11H,3-5,8H2,1-2H3,(H2,16,17,18,20)/t11-/m1/s1. The van der Waals surface area contributed by atoms with Crippen molar-refractivity contribution in [1.82, 2.24) is 10.3 Å². The third-order valence-electron chi connectivity index (χ3n) is 3.74. The predicted octanol–water partition coefficient (Wildman–Crippen LogP) is 3.38. The molecule has 1 saturated heterocycles. The highest BCUT2D eigenvalue weighted by molar-refractivity contribution is 7.80. The number of aryl methyl sites for hydroxylation is 2. The number of aromatic nitrogens is 1. The summed E-state index contributed by atoms with van der Waals surface area (Å²) in [5.41, 5.74) is 3.57. The number of fused-ring (bicyclic) bond motifs is 1. The van der Waals surface area contributed by atoms with Gasteiger partial charge in [0.1, 0.15) is 0 Å². The van der Waals surface area contributed by atoms with Crippen LogP contribution in [0.1, 0.15) is 24.0 Å². The zero-order chi connectivity index (χ0) is 14.8. The van der Waals surface area contributed by atoms with E-state index < -0.39 is 0 Å². The van der Waals surface area contributed by atoms with Crippen LogP contribution in [0.3, 0.4) is 0 Å². The molecular weight excluding hydrogens is 302 g/mol. The highest BCUT2D eigenvalue weighted by atomic mass is 32.1. The van der Waals surface area contributed by atoms with E-state index in [1.165, 1.54) is 15.8 Å². The van der Waals surface area contributed by atoms with Crippen LogP contribution < -0.4 is 10.6 Å². The Morgan fingerprint density at radius 2 is 2.24 bits per heavy atom. The zero-order valence-electron chi connectivity index (χ0n) is 12.2. The van der Waals surface area contributed by atoms with E-state index in [0.717, 1.165) is 36.6 Å². The first kappa shape index (κ1) is 14.7. The van der Waals surface area contributed by atoms with E-state index in [-0.39, 0.29) is 6.10 Å². The number of thiocarbonyl (C=S) groups is 1. The van der Waals surface area contributed by atoms with Crippen LogP contribution in [0.25, 0.3) is 10.2 Å². The number of hydrogen-bond donors (Lipinski definition) is 2. The highest BCUT2D eigenvalue weighted by Crippen LogP contribution is 2.28. The highest BCUT2D eigenvalue weighted by Gasteiger charge is 2.15. The third-order valence-corrected chi connectivity index (χ3v) is 4.92. The molecule has 0 unspecified atom stereocenters. The van der Waals surface area contributed by atoms with Gasteiger partial charge in [0.15, 0.2) is 10.2 Å². The summed E-state index contributed by atoms with van der Waals surface area (Å²) in [5.74, 6) is 0. The van der Waals surface area contributed by atoms with Crippen molar-refractivity contribution < 1.29 is 4.74 Å². The number of rotatable bonds is 3. The lowest BCUT2D eigenvalue weighted by Crippen LogP contribution is -2.34. The van der Waals surface area contributed by atoms with Crippen LogP contribution >= 0.6 is 23.6 Å².